The Bertz CT molecular complexity index is 318. The fraction of sp³-hybridized carbons (Fsp3) is 0.700. The van der Waals surface area contributed by atoms with Crippen LogP contribution >= 0.6 is 11.8 Å². The van der Waals surface area contributed by atoms with Crippen molar-refractivity contribution in [3.8, 4) is 0 Å². The molecule has 1 heterocycles. The third-order valence-electron chi connectivity index (χ3n) is 2.28. The first kappa shape index (κ1) is 14.8. The number of hydrogen-bond acceptors (Lipinski definition) is 5. The first-order valence-corrected chi connectivity index (χ1v) is 6.73. The zero-order valence-electron chi connectivity index (χ0n) is 10.0. The summed E-state index contributed by atoms with van der Waals surface area (Å²) < 4.78 is 5.14. The first-order valence-electron chi connectivity index (χ1n) is 5.58. The van der Waals surface area contributed by atoms with Crippen LogP contribution in [-0.4, -0.2) is 67.0 Å². The van der Waals surface area contributed by atoms with E-state index in [2.05, 4.69) is 5.32 Å². The molecule has 0 aromatic carbocycles. The van der Waals surface area contributed by atoms with Gasteiger partial charge in [0.25, 0.3) is 0 Å². The van der Waals surface area contributed by atoms with E-state index in [-0.39, 0.29) is 29.9 Å². The summed E-state index contributed by atoms with van der Waals surface area (Å²) in [5.41, 5.74) is 4.88. The Kier molecular flexibility index (Phi) is 6.51. The van der Waals surface area contributed by atoms with Crippen LogP contribution in [0.4, 0.5) is 0 Å². The number of rotatable bonds is 6. The van der Waals surface area contributed by atoms with E-state index < -0.39 is 5.91 Å². The minimum absolute atomic E-state index is 0.00556. The number of morpholine rings is 1. The van der Waals surface area contributed by atoms with Crippen LogP contribution in [-0.2, 0) is 19.1 Å². The zero-order chi connectivity index (χ0) is 13.4. The Morgan fingerprint density at radius 1 is 1.22 bits per heavy atom. The lowest BCUT2D eigenvalue weighted by Gasteiger charge is -2.26. The maximum Gasteiger partial charge on any atom is 0.236 e. The van der Waals surface area contributed by atoms with Gasteiger partial charge in [-0.15, -0.1) is 11.8 Å². The lowest BCUT2D eigenvalue weighted by atomic mass is 10.4. The van der Waals surface area contributed by atoms with E-state index in [0.717, 1.165) is 0 Å². The van der Waals surface area contributed by atoms with E-state index in [9.17, 15) is 14.4 Å². The van der Waals surface area contributed by atoms with E-state index in [1.165, 1.54) is 11.8 Å². The molecule has 0 aliphatic carbocycles. The van der Waals surface area contributed by atoms with E-state index in [1.807, 2.05) is 0 Å². The Morgan fingerprint density at radius 3 is 2.50 bits per heavy atom. The lowest BCUT2D eigenvalue weighted by Crippen LogP contribution is -2.41. The van der Waals surface area contributed by atoms with Crippen molar-refractivity contribution in [2.45, 2.75) is 0 Å². The van der Waals surface area contributed by atoms with Gasteiger partial charge in [-0.25, -0.2) is 0 Å². The molecule has 8 heteroatoms. The van der Waals surface area contributed by atoms with Crippen molar-refractivity contribution < 1.29 is 19.1 Å². The van der Waals surface area contributed by atoms with Crippen LogP contribution in [0, 0.1) is 0 Å². The predicted molar refractivity (Wildman–Crippen MR) is 66.9 cm³/mol. The second-order valence-corrected chi connectivity index (χ2v) is 4.71. The number of carbonyl (C=O) groups is 3. The van der Waals surface area contributed by atoms with Crippen LogP contribution in [0.3, 0.4) is 0 Å². The minimum atomic E-state index is -0.585. The summed E-state index contributed by atoms with van der Waals surface area (Å²) in [5.74, 6) is -0.481. The predicted octanol–water partition coefficient (Wildman–Crippen LogP) is -1.82. The van der Waals surface area contributed by atoms with Crippen LogP contribution in [0.15, 0.2) is 0 Å². The van der Waals surface area contributed by atoms with Gasteiger partial charge in [-0.1, -0.05) is 0 Å². The van der Waals surface area contributed by atoms with Gasteiger partial charge in [-0.3, -0.25) is 14.4 Å². The zero-order valence-corrected chi connectivity index (χ0v) is 10.8. The smallest absolute Gasteiger partial charge is 0.236 e. The number of amides is 3. The van der Waals surface area contributed by atoms with Crippen LogP contribution in [0.25, 0.3) is 0 Å². The molecule has 0 radical (unpaired) electrons. The second kappa shape index (κ2) is 7.93. The van der Waals surface area contributed by atoms with Gasteiger partial charge in [0.1, 0.15) is 0 Å². The number of nitrogens with zero attached hydrogens (tertiary/aromatic N) is 1. The lowest BCUT2D eigenvalue weighted by molar-refractivity contribution is -0.132. The summed E-state index contributed by atoms with van der Waals surface area (Å²) in [7, 11) is 0. The molecule has 1 fully saturated rings. The van der Waals surface area contributed by atoms with E-state index in [4.69, 9.17) is 10.5 Å². The molecule has 0 bridgehead atoms. The molecule has 1 saturated heterocycles. The molecule has 3 amide bonds. The minimum Gasteiger partial charge on any atom is -0.378 e. The number of ether oxygens (including phenoxy) is 1. The van der Waals surface area contributed by atoms with Crippen molar-refractivity contribution in [2.24, 2.45) is 5.73 Å². The van der Waals surface area contributed by atoms with E-state index in [1.54, 1.807) is 4.90 Å². The number of nitrogens with two attached hydrogens (primary N) is 1. The maximum absolute atomic E-state index is 11.7. The van der Waals surface area contributed by atoms with Crippen LogP contribution in [0.1, 0.15) is 0 Å². The average Bonchev–Trinajstić information content (AvgIpc) is 2.37. The Morgan fingerprint density at radius 2 is 1.89 bits per heavy atom. The first-order chi connectivity index (χ1) is 8.59. The molecule has 18 heavy (non-hydrogen) atoms. The molecule has 0 saturated carbocycles. The third-order valence-corrected chi connectivity index (χ3v) is 3.20. The topological polar surface area (TPSA) is 102 Å². The van der Waals surface area contributed by atoms with Crippen molar-refractivity contribution in [1.29, 1.82) is 0 Å². The third kappa shape index (κ3) is 5.87. The number of nitrogens with one attached hydrogen (secondary N) is 1. The van der Waals surface area contributed by atoms with E-state index >= 15 is 0 Å². The molecular weight excluding hydrogens is 258 g/mol. The molecule has 0 aromatic heterocycles. The van der Waals surface area contributed by atoms with Gasteiger partial charge < -0.3 is 20.7 Å². The molecule has 1 aliphatic heterocycles. The molecule has 0 aromatic rings. The largest absolute Gasteiger partial charge is 0.378 e. The monoisotopic (exact) mass is 275 g/mol. The van der Waals surface area contributed by atoms with E-state index in [0.29, 0.717) is 26.3 Å². The number of hydrogen-bond donors (Lipinski definition) is 2. The molecule has 1 rings (SSSR count). The quantitative estimate of drug-likeness (QED) is 0.594. The summed E-state index contributed by atoms with van der Waals surface area (Å²) in [6.45, 7) is 2.17. The average molecular weight is 275 g/mol. The number of primary amides is 1. The summed E-state index contributed by atoms with van der Waals surface area (Å²) in [6, 6.07) is 0. The SMILES string of the molecule is NC(=O)CNC(=O)CSCC(=O)N1CCOCC1. The Hall–Kier alpha value is -1.28. The van der Waals surface area contributed by atoms with Crippen molar-refractivity contribution in [2.75, 3.05) is 44.4 Å². The van der Waals surface area contributed by atoms with Gasteiger partial charge in [0.2, 0.25) is 17.7 Å². The van der Waals surface area contributed by atoms with Gasteiger partial charge in [0.05, 0.1) is 31.3 Å². The molecule has 3 N–H and O–H groups in total. The Labute approximate surface area is 109 Å². The second-order valence-electron chi connectivity index (χ2n) is 3.73. The maximum atomic E-state index is 11.7. The molecule has 0 atom stereocenters. The molecule has 1 aliphatic rings. The van der Waals surface area contributed by atoms with Crippen LogP contribution in [0.2, 0.25) is 0 Å². The molecule has 0 spiro atoms. The number of thioether (sulfide) groups is 1. The Balaban J connectivity index is 2.10. The van der Waals surface area contributed by atoms with Gasteiger partial charge in [-0.05, 0) is 0 Å². The number of carbonyl (C=O) groups excluding carboxylic acids is 3. The highest BCUT2D eigenvalue weighted by atomic mass is 32.2. The molecule has 7 nitrogen and oxygen atoms in total. The highest BCUT2D eigenvalue weighted by molar-refractivity contribution is 8.00. The standard InChI is InChI=1S/C10H17N3O4S/c11-8(14)5-12-9(15)6-18-7-10(16)13-1-3-17-4-2-13/h1-7H2,(H2,11,14)(H,12,15). The van der Waals surface area contributed by atoms with Gasteiger partial charge >= 0.3 is 0 Å². The van der Waals surface area contributed by atoms with Crippen molar-refractivity contribution in [3.05, 3.63) is 0 Å². The molecule has 0 unspecified atom stereocenters. The fourth-order valence-corrected chi connectivity index (χ4v) is 2.12. The molecular formula is C10H17N3O4S. The van der Waals surface area contributed by atoms with Crippen molar-refractivity contribution in [3.63, 3.8) is 0 Å². The van der Waals surface area contributed by atoms with Gasteiger partial charge in [0.15, 0.2) is 0 Å². The van der Waals surface area contributed by atoms with Gasteiger partial charge in [-0.2, -0.15) is 0 Å². The summed E-state index contributed by atoms with van der Waals surface area (Å²) in [6.07, 6.45) is 0. The highest BCUT2D eigenvalue weighted by Crippen LogP contribution is 2.04. The normalized spacial score (nSPS) is 15.2. The summed E-state index contributed by atoms with van der Waals surface area (Å²) >= 11 is 1.22. The summed E-state index contributed by atoms with van der Waals surface area (Å²) in [4.78, 5) is 35.1. The fourth-order valence-electron chi connectivity index (χ4n) is 1.37. The highest BCUT2D eigenvalue weighted by Gasteiger charge is 2.16. The van der Waals surface area contributed by atoms with Crippen molar-refractivity contribution >= 4 is 29.5 Å². The van der Waals surface area contributed by atoms with Gasteiger partial charge in [0, 0.05) is 13.1 Å². The summed E-state index contributed by atoms with van der Waals surface area (Å²) in [5, 5.41) is 2.36. The van der Waals surface area contributed by atoms with Crippen LogP contribution in [0.5, 0.6) is 0 Å². The van der Waals surface area contributed by atoms with Crippen LogP contribution < -0.4 is 11.1 Å². The molecule has 102 valence electrons. The van der Waals surface area contributed by atoms with Crippen molar-refractivity contribution in [1.82, 2.24) is 10.2 Å².